The molecule has 1 amide bonds. The molecule has 16 heavy (non-hydrogen) atoms. The van der Waals surface area contributed by atoms with Crippen LogP contribution in [0.25, 0.3) is 0 Å². The van der Waals surface area contributed by atoms with Crippen LogP contribution >= 0.6 is 0 Å². The SMILES string of the molecule is COc1ccc(NC(=O)/C=C(/C)[O-])cc1.[Na+]. The van der Waals surface area contributed by atoms with Crippen LogP contribution < -0.4 is 44.7 Å². The Hall–Kier alpha value is -0.970. The molecule has 1 aromatic carbocycles. The molecule has 1 aromatic rings. The Morgan fingerprint density at radius 3 is 2.38 bits per heavy atom. The van der Waals surface area contributed by atoms with E-state index in [-0.39, 0.29) is 35.3 Å². The van der Waals surface area contributed by atoms with Gasteiger partial charge in [-0.1, -0.05) is 6.92 Å². The number of hydrogen-bond donors (Lipinski definition) is 1. The zero-order valence-electron chi connectivity index (χ0n) is 9.61. The Morgan fingerprint density at radius 2 is 1.94 bits per heavy atom. The summed E-state index contributed by atoms with van der Waals surface area (Å²) in [5.41, 5.74) is 0.623. The summed E-state index contributed by atoms with van der Waals surface area (Å²) in [5, 5.41) is 13.2. The molecule has 0 fully saturated rings. The maximum Gasteiger partial charge on any atom is 1.00 e. The molecule has 0 spiro atoms. The van der Waals surface area contributed by atoms with Crippen molar-refractivity contribution in [1.82, 2.24) is 0 Å². The van der Waals surface area contributed by atoms with E-state index in [2.05, 4.69) is 5.32 Å². The molecule has 80 valence electrons. The van der Waals surface area contributed by atoms with Gasteiger partial charge < -0.3 is 15.2 Å². The normalized spacial score (nSPS) is 10.2. The third kappa shape index (κ3) is 5.21. The quantitative estimate of drug-likeness (QED) is 0.367. The summed E-state index contributed by atoms with van der Waals surface area (Å²) in [6.45, 7) is 1.33. The number of methoxy groups -OCH3 is 1. The minimum atomic E-state index is -0.423. The monoisotopic (exact) mass is 229 g/mol. The van der Waals surface area contributed by atoms with Crippen LogP contribution in [0.4, 0.5) is 5.69 Å². The Kier molecular flexibility index (Phi) is 6.88. The predicted molar refractivity (Wildman–Crippen MR) is 55.4 cm³/mol. The molecular weight excluding hydrogens is 217 g/mol. The van der Waals surface area contributed by atoms with Crippen LogP contribution in [0.1, 0.15) is 6.92 Å². The molecule has 1 N–H and O–H groups in total. The van der Waals surface area contributed by atoms with Crippen LogP contribution in [0, 0.1) is 0 Å². The first-order chi connectivity index (χ1) is 7.11. The molecule has 1 rings (SSSR count). The molecule has 0 unspecified atom stereocenters. The van der Waals surface area contributed by atoms with E-state index >= 15 is 0 Å². The number of nitrogens with one attached hydrogen (secondary N) is 1. The van der Waals surface area contributed by atoms with Gasteiger partial charge in [-0.05, 0) is 30.3 Å². The zero-order valence-corrected chi connectivity index (χ0v) is 11.6. The molecule has 0 bridgehead atoms. The van der Waals surface area contributed by atoms with Crippen molar-refractivity contribution in [3.63, 3.8) is 0 Å². The van der Waals surface area contributed by atoms with E-state index < -0.39 is 5.91 Å². The first kappa shape index (κ1) is 15.0. The van der Waals surface area contributed by atoms with Crippen molar-refractivity contribution in [3.05, 3.63) is 36.1 Å². The van der Waals surface area contributed by atoms with Gasteiger partial charge in [0.15, 0.2) is 0 Å². The average molecular weight is 229 g/mol. The Labute approximate surface area is 117 Å². The van der Waals surface area contributed by atoms with Gasteiger partial charge in [0.1, 0.15) is 5.75 Å². The van der Waals surface area contributed by atoms with E-state index in [1.807, 2.05) is 0 Å². The van der Waals surface area contributed by atoms with Crippen molar-refractivity contribution in [2.24, 2.45) is 0 Å². The topological polar surface area (TPSA) is 61.4 Å². The fourth-order valence-electron chi connectivity index (χ4n) is 1.04. The van der Waals surface area contributed by atoms with Gasteiger partial charge in [-0.3, -0.25) is 4.79 Å². The predicted octanol–water partition coefficient (Wildman–Crippen LogP) is -2.10. The van der Waals surface area contributed by atoms with Gasteiger partial charge in [-0.2, -0.15) is 0 Å². The molecule has 0 radical (unpaired) electrons. The smallest absolute Gasteiger partial charge is 0.875 e. The minimum Gasteiger partial charge on any atom is -0.875 e. The fourth-order valence-corrected chi connectivity index (χ4v) is 1.04. The van der Waals surface area contributed by atoms with E-state index in [9.17, 15) is 9.90 Å². The van der Waals surface area contributed by atoms with Crippen molar-refractivity contribution in [3.8, 4) is 5.75 Å². The summed E-state index contributed by atoms with van der Waals surface area (Å²) >= 11 is 0. The van der Waals surface area contributed by atoms with E-state index in [4.69, 9.17) is 4.74 Å². The molecule has 0 aromatic heterocycles. The number of carbonyl (C=O) groups is 1. The number of ether oxygens (including phenoxy) is 1. The second kappa shape index (κ2) is 7.33. The second-order valence-electron chi connectivity index (χ2n) is 2.97. The summed E-state index contributed by atoms with van der Waals surface area (Å²) in [5.74, 6) is 0.0113. The number of hydrogen-bond acceptors (Lipinski definition) is 3. The Morgan fingerprint density at radius 1 is 1.38 bits per heavy atom. The number of anilines is 1. The largest absolute Gasteiger partial charge is 1.00 e. The molecule has 0 aliphatic rings. The van der Waals surface area contributed by atoms with E-state index in [0.717, 1.165) is 6.08 Å². The van der Waals surface area contributed by atoms with Crippen molar-refractivity contribution in [2.75, 3.05) is 12.4 Å². The number of rotatable bonds is 3. The number of allylic oxidation sites excluding steroid dienone is 1. The minimum absolute atomic E-state index is 0. The summed E-state index contributed by atoms with van der Waals surface area (Å²) in [4.78, 5) is 11.2. The van der Waals surface area contributed by atoms with Gasteiger partial charge in [0.05, 0.1) is 7.11 Å². The average Bonchev–Trinajstić information content (AvgIpc) is 2.17. The Bertz CT molecular complexity index is 369. The van der Waals surface area contributed by atoms with Crippen LogP contribution in [0.15, 0.2) is 36.1 Å². The number of benzene rings is 1. The summed E-state index contributed by atoms with van der Waals surface area (Å²) in [6, 6.07) is 6.85. The van der Waals surface area contributed by atoms with Crippen LogP contribution in [0.2, 0.25) is 0 Å². The number of amides is 1. The van der Waals surface area contributed by atoms with Gasteiger partial charge in [0.25, 0.3) is 0 Å². The first-order valence-electron chi connectivity index (χ1n) is 4.42. The zero-order chi connectivity index (χ0) is 11.3. The molecule has 0 saturated carbocycles. The third-order valence-corrected chi connectivity index (χ3v) is 1.69. The molecule has 5 heteroatoms. The molecule has 0 aliphatic heterocycles. The van der Waals surface area contributed by atoms with Gasteiger partial charge in [-0.15, -0.1) is 5.76 Å². The van der Waals surface area contributed by atoms with Crippen molar-refractivity contribution in [1.29, 1.82) is 0 Å². The van der Waals surface area contributed by atoms with E-state index in [0.29, 0.717) is 11.4 Å². The van der Waals surface area contributed by atoms with Gasteiger partial charge in [-0.25, -0.2) is 0 Å². The fraction of sp³-hybridized carbons (Fsp3) is 0.182. The van der Waals surface area contributed by atoms with Gasteiger partial charge in [0.2, 0.25) is 5.91 Å². The maximum atomic E-state index is 11.2. The summed E-state index contributed by atoms with van der Waals surface area (Å²) in [7, 11) is 1.57. The maximum absolute atomic E-state index is 11.2. The standard InChI is InChI=1S/C11H13NO3.Na/c1-8(13)7-11(14)12-9-3-5-10(15-2)6-4-9;/h3-7,13H,1-2H3,(H,12,14);/q;+1/p-1/b8-7-;. The van der Waals surface area contributed by atoms with Crippen molar-refractivity contribution < 1.29 is 44.2 Å². The van der Waals surface area contributed by atoms with Crippen LogP contribution in [0.3, 0.4) is 0 Å². The van der Waals surface area contributed by atoms with Crippen LogP contribution in [-0.4, -0.2) is 13.0 Å². The summed E-state index contributed by atoms with van der Waals surface area (Å²) < 4.78 is 4.96. The molecule has 0 heterocycles. The van der Waals surface area contributed by atoms with Crippen molar-refractivity contribution >= 4 is 11.6 Å². The molecule has 4 nitrogen and oxygen atoms in total. The molecule has 0 saturated heterocycles. The Balaban J connectivity index is 0.00000225. The molecular formula is C11H12NNaO3. The first-order valence-corrected chi connectivity index (χ1v) is 4.42. The van der Waals surface area contributed by atoms with Gasteiger partial charge >= 0.3 is 29.6 Å². The van der Waals surface area contributed by atoms with E-state index in [1.165, 1.54) is 6.92 Å². The second-order valence-corrected chi connectivity index (χ2v) is 2.97. The van der Waals surface area contributed by atoms with E-state index in [1.54, 1.807) is 31.4 Å². The number of carbonyl (C=O) groups excluding carboxylic acids is 1. The van der Waals surface area contributed by atoms with Crippen LogP contribution in [0.5, 0.6) is 5.75 Å². The van der Waals surface area contributed by atoms with Crippen LogP contribution in [-0.2, 0) is 4.79 Å². The van der Waals surface area contributed by atoms with Crippen molar-refractivity contribution in [2.45, 2.75) is 6.92 Å². The summed E-state index contributed by atoms with van der Waals surface area (Å²) in [6.07, 6.45) is 1.00. The molecule has 0 atom stereocenters. The molecule has 0 aliphatic carbocycles. The third-order valence-electron chi connectivity index (χ3n) is 1.69. The van der Waals surface area contributed by atoms with Gasteiger partial charge in [0, 0.05) is 5.69 Å².